The number of benzene rings is 2. The lowest BCUT2D eigenvalue weighted by atomic mass is 9.83. The number of carbonyl (C=O) groups is 2. The molecule has 0 amide bonds. The van der Waals surface area contributed by atoms with Gasteiger partial charge in [0.1, 0.15) is 12.7 Å². The Morgan fingerprint density at radius 1 is 0.971 bits per heavy atom. The normalized spacial score (nSPS) is 27.0. The van der Waals surface area contributed by atoms with Crippen LogP contribution in [-0.2, 0) is 22.5 Å². The van der Waals surface area contributed by atoms with Gasteiger partial charge in [-0.15, -0.1) is 0 Å². The first-order chi connectivity index (χ1) is 16.8. The lowest BCUT2D eigenvalue weighted by Crippen LogP contribution is -2.79. The minimum absolute atomic E-state index is 0.147. The Hall–Kier alpha value is -2.78. The van der Waals surface area contributed by atoms with Crippen LogP contribution in [0.2, 0.25) is 0 Å². The van der Waals surface area contributed by atoms with E-state index in [4.69, 9.17) is 9.47 Å². The van der Waals surface area contributed by atoms with Crippen LogP contribution in [0, 0.1) is 6.92 Å². The van der Waals surface area contributed by atoms with E-state index in [9.17, 15) is 19.8 Å². The van der Waals surface area contributed by atoms with Crippen LogP contribution in [0.1, 0.15) is 67.7 Å². The summed E-state index contributed by atoms with van der Waals surface area (Å²) >= 11 is 0. The number of aliphatic hydroxyl groups is 2. The maximum atomic E-state index is 12.0. The summed E-state index contributed by atoms with van der Waals surface area (Å²) in [5, 5.41) is 21.8. The molecule has 4 heterocycles. The van der Waals surface area contributed by atoms with Crippen molar-refractivity contribution >= 4 is 11.9 Å². The lowest BCUT2D eigenvalue weighted by Gasteiger charge is -2.62. The smallest absolute Gasteiger partial charge is 0.338 e. The summed E-state index contributed by atoms with van der Waals surface area (Å²) < 4.78 is 10.4. The van der Waals surface area contributed by atoms with Gasteiger partial charge < -0.3 is 19.7 Å². The summed E-state index contributed by atoms with van der Waals surface area (Å²) in [6, 6.07) is 9.88. The van der Waals surface area contributed by atoms with E-state index in [0.717, 1.165) is 40.9 Å². The molecule has 2 aromatic rings. The van der Waals surface area contributed by atoms with Crippen LogP contribution in [-0.4, -0.2) is 76.3 Å². The van der Waals surface area contributed by atoms with Gasteiger partial charge in [-0.1, -0.05) is 18.2 Å². The molecule has 4 aliphatic heterocycles. The molecule has 0 aromatic heterocycles. The highest BCUT2D eigenvalue weighted by atomic mass is 16.5. The molecule has 2 fully saturated rings. The maximum Gasteiger partial charge on any atom is 0.338 e. The minimum Gasteiger partial charge on any atom is -0.459 e. The standard InChI is InChI=1S/C27H30N2O6/c1-14-7-17-8-16(3-4-19(17)27(33)35-14)24(30)11-28-9-23-22(28)10-29(23)12-25(31)18-5-6-20-21(15(18)2)13-34-26(20)32/h3-6,8,14,22-25,30-31H,7,9-13H2,1-2H3/t14-,22?,23?,24-,25+/m1/s1. The monoisotopic (exact) mass is 478 g/mol. The van der Waals surface area contributed by atoms with Gasteiger partial charge in [-0.25, -0.2) is 9.59 Å². The van der Waals surface area contributed by atoms with Crippen molar-refractivity contribution in [3.05, 3.63) is 69.3 Å². The zero-order valence-corrected chi connectivity index (χ0v) is 19.9. The van der Waals surface area contributed by atoms with Crippen molar-refractivity contribution in [2.75, 3.05) is 26.2 Å². The molecule has 0 saturated carbocycles. The fourth-order valence-corrected chi connectivity index (χ4v) is 6.02. The maximum absolute atomic E-state index is 12.0. The van der Waals surface area contributed by atoms with Crippen LogP contribution in [0.15, 0.2) is 30.3 Å². The summed E-state index contributed by atoms with van der Waals surface area (Å²) in [5.74, 6) is -0.585. The van der Waals surface area contributed by atoms with Gasteiger partial charge in [0.2, 0.25) is 0 Å². The van der Waals surface area contributed by atoms with Crippen molar-refractivity contribution in [1.82, 2.24) is 9.80 Å². The van der Waals surface area contributed by atoms with Crippen LogP contribution >= 0.6 is 0 Å². The highest BCUT2D eigenvalue weighted by molar-refractivity contribution is 5.94. The van der Waals surface area contributed by atoms with Crippen molar-refractivity contribution < 1.29 is 29.3 Å². The van der Waals surface area contributed by atoms with Gasteiger partial charge in [-0.3, -0.25) is 9.80 Å². The molecule has 4 aliphatic rings. The Balaban J connectivity index is 1.04. The molecular formula is C27H30N2O6. The second kappa shape index (κ2) is 8.41. The number of hydrogen-bond acceptors (Lipinski definition) is 8. The molecular weight excluding hydrogens is 448 g/mol. The number of esters is 2. The van der Waals surface area contributed by atoms with Gasteiger partial charge in [-0.05, 0) is 48.2 Å². The van der Waals surface area contributed by atoms with E-state index in [1.165, 1.54) is 0 Å². The van der Waals surface area contributed by atoms with Crippen molar-refractivity contribution in [2.24, 2.45) is 0 Å². The molecule has 8 nitrogen and oxygen atoms in total. The Kier molecular flexibility index (Phi) is 5.45. The first kappa shape index (κ1) is 22.7. The summed E-state index contributed by atoms with van der Waals surface area (Å²) in [5.41, 5.74) is 5.62. The molecule has 6 rings (SSSR count). The number of cyclic esters (lactones) is 2. The fourth-order valence-electron chi connectivity index (χ4n) is 6.02. The van der Waals surface area contributed by atoms with E-state index in [1.807, 2.05) is 32.0 Å². The summed E-state index contributed by atoms with van der Waals surface area (Å²) in [6.45, 7) is 6.90. The summed E-state index contributed by atoms with van der Waals surface area (Å²) in [6.07, 6.45) is -0.721. The van der Waals surface area contributed by atoms with Gasteiger partial charge in [0.25, 0.3) is 0 Å². The topological polar surface area (TPSA) is 99.5 Å². The number of ether oxygens (including phenoxy) is 2. The van der Waals surface area contributed by atoms with E-state index in [0.29, 0.717) is 42.7 Å². The second-order valence-corrected chi connectivity index (χ2v) is 10.3. The van der Waals surface area contributed by atoms with E-state index in [-0.39, 0.29) is 24.6 Å². The number of nitrogens with zero attached hydrogens (tertiary/aromatic N) is 2. The first-order valence-corrected chi connectivity index (χ1v) is 12.3. The zero-order valence-electron chi connectivity index (χ0n) is 19.9. The Bertz CT molecular complexity index is 1210. The first-order valence-electron chi connectivity index (χ1n) is 12.3. The zero-order chi connectivity index (χ0) is 24.4. The minimum atomic E-state index is -0.624. The molecule has 0 spiro atoms. The number of fused-ring (bicyclic) bond motifs is 3. The molecule has 2 saturated heterocycles. The predicted molar refractivity (Wildman–Crippen MR) is 126 cm³/mol. The van der Waals surface area contributed by atoms with Crippen molar-refractivity contribution in [1.29, 1.82) is 0 Å². The Morgan fingerprint density at radius 3 is 2.37 bits per heavy atom. The average Bonchev–Trinajstić information content (AvgIpc) is 3.20. The molecule has 8 heteroatoms. The molecule has 0 aliphatic carbocycles. The van der Waals surface area contributed by atoms with Gasteiger partial charge in [0, 0.05) is 50.2 Å². The number of hydrogen-bond donors (Lipinski definition) is 2. The van der Waals surface area contributed by atoms with Crippen LogP contribution in [0.3, 0.4) is 0 Å². The molecule has 35 heavy (non-hydrogen) atoms. The predicted octanol–water partition coefficient (Wildman–Crippen LogP) is 1.90. The quantitative estimate of drug-likeness (QED) is 0.608. The van der Waals surface area contributed by atoms with E-state index >= 15 is 0 Å². The van der Waals surface area contributed by atoms with Gasteiger partial charge in [0.15, 0.2) is 0 Å². The third kappa shape index (κ3) is 3.76. The number of rotatable bonds is 6. The Labute approximate surface area is 204 Å². The largest absolute Gasteiger partial charge is 0.459 e. The third-order valence-corrected chi connectivity index (χ3v) is 8.16. The molecule has 2 unspecified atom stereocenters. The van der Waals surface area contributed by atoms with Crippen molar-refractivity contribution in [3.63, 3.8) is 0 Å². The molecule has 2 N–H and O–H groups in total. The highest BCUT2D eigenvalue weighted by Crippen LogP contribution is 2.37. The van der Waals surface area contributed by atoms with E-state index in [1.54, 1.807) is 12.1 Å². The highest BCUT2D eigenvalue weighted by Gasteiger charge is 2.51. The number of β-amino-alcohol motifs (C(OH)–C–C–N with tert-alkyl or cyclic N) is 2. The molecule has 0 radical (unpaired) electrons. The van der Waals surface area contributed by atoms with E-state index < -0.39 is 12.2 Å². The molecule has 0 bridgehead atoms. The second-order valence-electron chi connectivity index (χ2n) is 10.3. The molecule has 5 atom stereocenters. The number of aliphatic hydroxyl groups excluding tert-OH is 2. The van der Waals surface area contributed by atoms with Crippen molar-refractivity contribution in [3.8, 4) is 0 Å². The number of carbonyl (C=O) groups excluding carboxylic acids is 2. The van der Waals surface area contributed by atoms with Crippen molar-refractivity contribution in [2.45, 2.75) is 57.3 Å². The van der Waals surface area contributed by atoms with Crippen LogP contribution in [0.5, 0.6) is 0 Å². The van der Waals surface area contributed by atoms with Gasteiger partial charge in [-0.2, -0.15) is 0 Å². The molecule has 184 valence electrons. The fraction of sp³-hybridized carbons (Fsp3) is 0.481. The van der Waals surface area contributed by atoms with E-state index in [2.05, 4.69) is 9.80 Å². The number of likely N-dealkylation sites (tertiary alicyclic amines) is 2. The lowest BCUT2D eigenvalue weighted by molar-refractivity contribution is -0.144. The Morgan fingerprint density at radius 2 is 1.66 bits per heavy atom. The molecule has 2 aromatic carbocycles. The SMILES string of the molecule is Cc1c([C@@H](O)CN2CC3C2CN3C[C@@H](O)c2ccc3c(c2)C[C@@H](C)OC3=O)ccc2c1COC2=O. The average molecular weight is 479 g/mol. The van der Waals surface area contributed by atoms with Crippen LogP contribution in [0.25, 0.3) is 0 Å². The summed E-state index contributed by atoms with van der Waals surface area (Å²) in [4.78, 5) is 28.4. The van der Waals surface area contributed by atoms with Crippen LogP contribution in [0.4, 0.5) is 0 Å². The van der Waals surface area contributed by atoms with Gasteiger partial charge >= 0.3 is 11.9 Å². The van der Waals surface area contributed by atoms with Gasteiger partial charge in [0.05, 0.1) is 23.3 Å². The van der Waals surface area contributed by atoms with Crippen LogP contribution < -0.4 is 0 Å². The number of piperazine rings is 1. The summed E-state index contributed by atoms with van der Waals surface area (Å²) in [7, 11) is 0. The third-order valence-electron chi connectivity index (χ3n) is 8.16.